The maximum absolute atomic E-state index is 13.0. The smallest absolute Gasteiger partial charge is 0.357 e. The Morgan fingerprint density at radius 2 is 2.00 bits per heavy atom. The zero-order valence-corrected chi connectivity index (χ0v) is 20.2. The van der Waals surface area contributed by atoms with Gasteiger partial charge in [-0.1, -0.05) is 17.8 Å². The van der Waals surface area contributed by atoms with E-state index in [-0.39, 0.29) is 36.0 Å². The fourth-order valence-electron chi connectivity index (χ4n) is 3.65. The zero-order valence-electron chi connectivity index (χ0n) is 18.5. The number of hydrogen-bond acceptors (Lipinski definition) is 10. The van der Waals surface area contributed by atoms with E-state index in [0.717, 1.165) is 4.88 Å². The fraction of sp³-hybridized carbons (Fsp3) is 0.318. The number of nitrogens with two attached hydrogens (primary N) is 1. The third-order valence-corrected chi connectivity index (χ3v) is 7.61. The molecule has 3 N–H and O–H groups in total. The molecule has 13 heteroatoms. The van der Waals surface area contributed by atoms with Crippen molar-refractivity contribution in [2.75, 3.05) is 6.61 Å². The molecule has 1 saturated heterocycles. The molecular formula is C22H22N4O7S2. The van der Waals surface area contributed by atoms with E-state index < -0.39 is 33.7 Å². The molecule has 184 valence electrons. The first-order chi connectivity index (χ1) is 16.8. The first-order valence-corrected chi connectivity index (χ1v) is 12.4. The van der Waals surface area contributed by atoms with Crippen LogP contribution in [0.1, 0.15) is 17.4 Å². The SMILES string of the molecule is CCOC1S[C@@H]2[C@H](NC(=O)Cc3cccs3)C(=O)N2C(C(=O)OCc2ccc([N+](=O)[O-])cc2)=C1N. The number of nitro benzene ring substituents is 1. The van der Waals surface area contributed by atoms with Crippen LogP contribution < -0.4 is 11.1 Å². The Morgan fingerprint density at radius 1 is 1.26 bits per heavy atom. The quantitative estimate of drug-likeness (QED) is 0.219. The first-order valence-electron chi connectivity index (χ1n) is 10.6. The summed E-state index contributed by atoms with van der Waals surface area (Å²) < 4.78 is 11.0. The van der Waals surface area contributed by atoms with Crippen molar-refractivity contribution in [3.05, 3.63) is 73.7 Å². The minimum Gasteiger partial charge on any atom is -0.456 e. The number of ether oxygens (including phenoxy) is 2. The van der Waals surface area contributed by atoms with Gasteiger partial charge in [0.05, 0.1) is 17.0 Å². The summed E-state index contributed by atoms with van der Waals surface area (Å²) in [5.41, 5.74) is 5.87. The lowest BCUT2D eigenvalue weighted by Gasteiger charge is -2.50. The molecule has 3 heterocycles. The number of fused-ring (bicyclic) bond motifs is 1. The van der Waals surface area contributed by atoms with Gasteiger partial charge < -0.3 is 20.5 Å². The second kappa shape index (κ2) is 10.5. The van der Waals surface area contributed by atoms with E-state index >= 15 is 0 Å². The lowest BCUT2D eigenvalue weighted by molar-refractivity contribution is -0.384. The van der Waals surface area contributed by atoms with E-state index in [1.807, 2.05) is 17.5 Å². The molecule has 11 nitrogen and oxygen atoms in total. The van der Waals surface area contributed by atoms with Gasteiger partial charge in [0, 0.05) is 23.6 Å². The van der Waals surface area contributed by atoms with Crippen LogP contribution in [0.25, 0.3) is 0 Å². The highest BCUT2D eigenvalue weighted by atomic mass is 32.2. The average molecular weight is 519 g/mol. The van der Waals surface area contributed by atoms with Gasteiger partial charge in [-0.05, 0) is 36.1 Å². The summed E-state index contributed by atoms with van der Waals surface area (Å²) in [6.45, 7) is 1.92. The van der Waals surface area contributed by atoms with E-state index in [4.69, 9.17) is 15.2 Å². The Hall–Kier alpha value is -3.42. The lowest BCUT2D eigenvalue weighted by Crippen LogP contribution is -2.71. The van der Waals surface area contributed by atoms with Crippen LogP contribution in [-0.4, -0.2) is 51.1 Å². The Labute approximate surface area is 208 Å². The van der Waals surface area contributed by atoms with Crippen molar-refractivity contribution >= 4 is 46.6 Å². The largest absolute Gasteiger partial charge is 0.456 e. The number of carbonyl (C=O) groups is 3. The van der Waals surface area contributed by atoms with Crippen molar-refractivity contribution in [3.8, 4) is 0 Å². The van der Waals surface area contributed by atoms with Gasteiger partial charge in [-0.15, -0.1) is 11.3 Å². The molecule has 4 rings (SSSR count). The zero-order chi connectivity index (χ0) is 25.1. The third-order valence-electron chi connectivity index (χ3n) is 5.33. The molecule has 2 amide bonds. The minimum absolute atomic E-state index is 0.0542. The number of nitro groups is 1. The summed E-state index contributed by atoms with van der Waals surface area (Å²) in [4.78, 5) is 50.7. The van der Waals surface area contributed by atoms with Gasteiger partial charge in [0.1, 0.15) is 23.5 Å². The number of non-ortho nitro benzene ring substituents is 1. The lowest BCUT2D eigenvalue weighted by atomic mass is 10.0. The number of thiophene rings is 1. The predicted molar refractivity (Wildman–Crippen MR) is 128 cm³/mol. The molecule has 0 bridgehead atoms. The summed E-state index contributed by atoms with van der Waals surface area (Å²) in [6.07, 6.45) is 0.149. The summed E-state index contributed by atoms with van der Waals surface area (Å²) >= 11 is 2.68. The average Bonchev–Trinajstić information content (AvgIpc) is 3.35. The Morgan fingerprint density at radius 3 is 2.63 bits per heavy atom. The highest BCUT2D eigenvalue weighted by molar-refractivity contribution is 8.00. The second-order valence-corrected chi connectivity index (χ2v) is 9.84. The summed E-state index contributed by atoms with van der Waals surface area (Å²) in [6, 6.07) is 8.40. The number of esters is 1. The molecule has 1 aromatic carbocycles. The van der Waals surface area contributed by atoms with Crippen LogP contribution in [0.3, 0.4) is 0 Å². The molecule has 1 fully saturated rings. The summed E-state index contributed by atoms with van der Waals surface area (Å²) in [5, 5.41) is 14.8. The number of nitrogens with one attached hydrogen (secondary N) is 1. The highest BCUT2D eigenvalue weighted by Crippen LogP contribution is 2.43. The van der Waals surface area contributed by atoms with Gasteiger partial charge in [0.2, 0.25) is 5.91 Å². The van der Waals surface area contributed by atoms with Crippen LogP contribution in [0.5, 0.6) is 0 Å². The molecule has 0 radical (unpaired) electrons. The molecule has 0 aliphatic carbocycles. The van der Waals surface area contributed by atoms with E-state index in [1.165, 1.54) is 52.3 Å². The van der Waals surface area contributed by atoms with Crippen LogP contribution in [0.15, 0.2) is 53.2 Å². The molecule has 3 atom stereocenters. The maximum Gasteiger partial charge on any atom is 0.357 e. The summed E-state index contributed by atoms with van der Waals surface area (Å²) in [7, 11) is 0. The van der Waals surface area contributed by atoms with Crippen molar-refractivity contribution in [2.24, 2.45) is 5.73 Å². The number of amides is 2. The fourth-order valence-corrected chi connectivity index (χ4v) is 5.75. The highest BCUT2D eigenvalue weighted by Gasteiger charge is 2.56. The molecule has 0 saturated carbocycles. The Balaban J connectivity index is 1.46. The molecule has 1 aromatic heterocycles. The molecule has 35 heavy (non-hydrogen) atoms. The topological polar surface area (TPSA) is 154 Å². The van der Waals surface area contributed by atoms with Gasteiger partial charge in [-0.25, -0.2) is 4.79 Å². The van der Waals surface area contributed by atoms with Crippen molar-refractivity contribution in [1.29, 1.82) is 0 Å². The molecule has 1 unspecified atom stereocenters. The van der Waals surface area contributed by atoms with Crippen LogP contribution in [0.2, 0.25) is 0 Å². The third kappa shape index (κ3) is 5.16. The number of rotatable bonds is 9. The van der Waals surface area contributed by atoms with Gasteiger partial charge in [-0.2, -0.15) is 0 Å². The van der Waals surface area contributed by atoms with E-state index in [2.05, 4.69) is 5.32 Å². The van der Waals surface area contributed by atoms with Gasteiger partial charge >= 0.3 is 5.97 Å². The van der Waals surface area contributed by atoms with E-state index in [1.54, 1.807) is 6.92 Å². The summed E-state index contributed by atoms with van der Waals surface area (Å²) in [5.74, 6) is -1.60. The minimum atomic E-state index is -0.832. The Bertz CT molecular complexity index is 1170. The van der Waals surface area contributed by atoms with E-state index in [9.17, 15) is 24.5 Å². The maximum atomic E-state index is 13.0. The molecule has 2 aromatic rings. The van der Waals surface area contributed by atoms with Crippen molar-refractivity contribution < 1.29 is 28.8 Å². The van der Waals surface area contributed by atoms with Crippen LogP contribution in [0, 0.1) is 10.1 Å². The van der Waals surface area contributed by atoms with E-state index in [0.29, 0.717) is 12.2 Å². The number of carbonyl (C=O) groups excluding carboxylic acids is 3. The molecule has 2 aliphatic rings. The van der Waals surface area contributed by atoms with Crippen molar-refractivity contribution in [1.82, 2.24) is 10.2 Å². The van der Waals surface area contributed by atoms with Crippen LogP contribution in [-0.2, 0) is 36.9 Å². The van der Waals surface area contributed by atoms with Crippen molar-refractivity contribution in [2.45, 2.75) is 36.8 Å². The van der Waals surface area contributed by atoms with Crippen LogP contribution >= 0.6 is 23.1 Å². The number of nitrogens with zero attached hydrogens (tertiary/aromatic N) is 2. The molecular weight excluding hydrogens is 496 g/mol. The number of benzene rings is 1. The standard InChI is InChI=1S/C22H22N4O7S2/c1-2-32-22-16(23)18(21(29)33-11-12-5-7-13(8-6-12)26(30)31)25-19(28)17(20(25)35-22)24-15(27)10-14-4-3-9-34-14/h3-9,17,20,22H,2,10-11,23H2,1H3,(H,24,27)/t17-,20-,22?/m1/s1. The van der Waals surface area contributed by atoms with Crippen LogP contribution in [0.4, 0.5) is 5.69 Å². The van der Waals surface area contributed by atoms with Gasteiger partial charge in [0.25, 0.3) is 11.6 Å². The number of hydrogen-bond donors (Lipinski definition) is 2. The first kappa shape index (κ1) is 24.7. The number of β-lactam (4-membered cyclic amide) rings is 1. The molecule has 2 aliphatic heterocycles. The number of thioether (sulfide) groups is 1. The monoisotopic (exact) mass is 518 g/mol. The van der Waals surface area contributed by atoms with Gasteiger partial charge in [0.15, 0.2) is 5.70 Å². The van der Waals surface area contributed by atoms with Gasteiger partial charge in [-0.3, -0.25) is 24.6 Å². The molecule has 0 spiro atoms. The normalized spacial score (nSPS) is 21.2. The predicted octanol–water partition coefficient (Wildman–Crippen LogP) is 1.87. The van der Waals surface area contributed by atoms with Crippen molar-refractivity contribution in [3.63, 3.8) is 0 Å². The Kier molecular flexibility index (Phi) is 7.38. The second-order valence-electron chi connectivity index (χ2n) is 7.63.